The van der Waals surface area contributed by atoms with E-state index in [2.05, 4.69) is 10.3 Å². The molecular weight excluding hydrogens is 290 g/mol. The van der Waals surface area contributed by atoms with Gasteiger partial charge in [-0.2, -0.15) is 13.2 Å². The van der Waals surface area contributed by atoms with Crippen molar-refractivity contribution in [3.05, 3.63) is 22.8 Å². The van der Waals surface area contributed by atoms with Gasteiger partial charge >= 0.3 is 6.18 Å². The number of hydrogen-bond acceptors (Lipinski definition) is 3. The summed E-state index contributed by atoms with van der Waals surface area (Å²) in [6.07, 6.45) is -3.58. The lowest BCUT2D eigenvalue weighted by Gasteiger charge is -2.29. The minimum Gasteiger partial charge on any atom is -0.353 e. The van der Waals surface area contributed by atoms with Gasteiger partial charge in [0.1, 0.15) is 5.82 Å². The van der Waals surface area contributed by atoms with Gasteiger partial charge in [0, 0.05) is 32.4 Å². The molecule has 0 aromatic carbocycles. The zero-order chi connectivity index (χ0) is 12.5. The van der Waals surface area contributed by atoms with Crippen LogP contribution in [0.4, 0.5) is 19.0 Å². The van der Waals surface area contributed by atoms with Crippen molar-refractivity contribution in [3.8, 4) is 0 Å². The topological polar surface area (TPSA) is 28.2 Å². The molecule has 3 nitrogen and oxygen atoms in total. The van der Waals surface area contributed by atoms with Gasteiger partial charge in [0.25, 0.3) is 0 Å². The van der Waals surface area contributed by atoms with Crippen LogP contribution in [0.1, 0.15) is 5.56 Å². The third-order valence-corrected chi connectivity index (χ3v) is 2.84. The Morgan fingerprint density at radius 2 is 1.89 bits per heavy atom. The summed E-state index contributed by atoms with van der Waals surface area (Å²) in [5.41, 5.74) is -0.818. The molecule has 102 valence electrons. The molecule has 1 N–H and O–H groups in total. The highest BCUT2D eigenvalue weighted by molar-refractivity contribution is 6.33. The first-order chi connectivity index (χ1) is 7.98. The lowest BCUT2D eigenvalue weighted by Crippen LogP contribution is -2.44. The molecule has 1 aliphatic rings. The Balaban J connectivity index is 0.00000162. The molecule has 0 atom stereocenters. The van der Waals surface area contributed by atoms with Gasteiger partial charge in [0.05, 0.1) is 10.6 Å². The van der Waals surface area contributed by atoms with Gasteiger partial charge in [0.15, 0.2) is 0 Å². The average molecular weight is 302 g/mol. The summed E-state index contributed by atoms with van der Waals surface area (Å²) >= 11 is 5.84. The first-order valence-corrected chi connectivity index (χ1v) is 5.54. The fourth-order valence-corrected chi connectivity index (χ4v) is 1.98. The maximum Gasteiger partial charge on any atom is 0.417 e. The molecule has 0 aliphatic carbocycles. The molecule has 0 bridgehead atoms. The third-order valence-electron chi connectivity index (χ3n) is 2.57. The van der Waals surface area contributed by atoms with E-state index in [0.717, 1.165) is 25.4 Å². The summed E-state index contributed by atoms with van der Waals surface area (Å²) in [5, 5.41) is 3.19. The number of pyridine rings is 1. The van der Waals surface area contributed by atoms with Crippen molar-refractivity contribution in [1.82, 2.24) is 10.3 Å². The van der Waals surface area contributed by atoms with Crippen molar-refractivity contribution >= 4 is 29.8 Å². The van der Waals surface area contributed by atoms with Gasteiger partial charge in [0.2, 0.25) is 0 Å². The van der Waals surface area contributed by atoms with Crippen molar-refractivity contribution in [1.29, 1.82) is 0 Å². The third kappa shape index (κ3) is 3.40. The number of nitrogens with one attached hydrogen (secondary N) is 1. The monoisotopic (exact) mass is 301 g/mol. The molecule has 1 aromatic heterocycles. The number of piperazine rings is 1. The molecule has 18 heavy (non-hydrogen) atoms. The smallest absolute Gasteiger partial charge is 0.353 e. The van der Waals surface area contributed by atoms with Gasteiger partial charge in [-0.15, -0.1) is 12.4 Å². The molecule has 2 rings (SSSR count). The highest BCUT2D eigenvalue weighted by atomic mass is 35.5. The van der Waals surface area contributed by atoms with Crippen LogP contribution < -0.4 is 10.2 Å². The van der Waals surface area contributed by atoms with Crippen LogP contribution in [-0.2, 0) is 6.18 Å². The first-order valence-electron chi connectivity index (χ1n) is 5.17. The minimum absolute atomic E-state index is 0. The summed E-state index contributed by atoms with van der Waals surface area (Å²) in [7, 11) is 0. The van der Waals surface area contributed by atoms with Gasteiger partial charge < -0.3 is 10.2 Å². The van der Waals surface area contributed by atoms with E-state index < -0.39 is 11.7 Å². The highest BCUT2D eigenvalue weighted by Crippen LogP contribution is 2.33. The molecule has 0 saturated carbocycles. The number of halogens is 5. The Kier molecular flexibility index (Phi) is 5.07. The summed E-state index contributed by atoms with van der Waals surface area (Å²) < 4.78 is 37.3. The van der Waals surface area contributed by atoms with Crippen LogP contribution in [0.3, 0.4) is 0 Å². The van der Waals surface area contributed by atoms with Crippen LogP contribution in [0.15, 0.2) is 12.3 Å². The minimum atomic E-state index is -4.40. The van der Waals surface area contributed by atoms with Crippen molar-refractivity contribution < 1.29 is 13.2 Å². The number of nitrogens with zero attached hydrogens (tertiary/aromatic N) is 2. The fraction of sp³-hybridized carbons (Fsp3) is 0.500. The maximum atomic E-state index is 12.4. The largest absolute Gasteiger partial charge is 0.417 e. The Morgan fingerprint density at radius 1 is 1.28 bits per heavy atom. The van der Waals surface area contributed by atoms with Crippen LogP contribution in [0.5, 0.6) is 0 Å². The molecule has 0 spiro atoms. The first kappa shape index (κ1) is 15.3. The van der Waals surface area contributed by atoms with Gasteiger partial charge in [-0.05, 0) is 6.07 Å². The fourth-order valence-electron chi connectivity index (χ4n) is 1.70. The molecule has 2 heterocycles. The molecule has 1 aliphatic heterocycles. The van der Waals surface area contributed by atoms with Crippen LogP contribution in [-0.4, -0.2) is 31.2 Å². The molecule has 1 aromatic rings. The quantitative estimate of drug-likeness (QED) is 0.864. The lowest BCUT2D eigenvalue weighted by atomic mass is 10.2. The van der Waals surface area contributed by atoms with Crippen molar-refractivity contribution in [2.75, 3.05) is 31.1 Å². The molecular formula is C10H12Cl2F3N3. The van der Waals surface area contributed by atoms with Crippen molar-refractivity contribution in [2.24, 2.45) is 0 Å². The van der Waals surface area contributed by atoms with E-state index >= 15 is 0 Å². The Hall–Kier alpha value is -0.720. The standard InChI is InChI=1S/C10H11ClF3N3.ClH/c11-8-5-7(10(12,13)14)6-16-9(8)17-3-1-15-2-4-17;/h5-6,15H,1-4H2;1H. The second kappa shape index (κ2) is 5.95. The number of rotatable bonds is 1. The molecule has 0 amide bonds. The highest BCUT2D eigenvalue weighted by Gasteiger charge is 2.32. The maximum absolute atomic E-state index is 12.4. The van der Waals surface area contributed by atoms with Crippen LogP contribution in [0.2, 0.25) is 5.02 Å². The van der Waals surface area contributed by atoms with Crippen LogP contribution >= 0.6 is 24.0 Å². The van der Waals surface area contributed by atoms with Gasteiger partial charge in [-0.3, -0.25) is 0 Å². The molecule has 1 fully saturated rings. The summed E-state index contributed by atoms with van der Waals surface area (Å²) in [6.45, 7) is 2.94. The van der Waals surface area contributed by atoms with Gasteiger partial charge in [-0.1, -0.05) is 11.6 Å². The summed E-state index contributed by atoms with van der Waals surface area (Å²) in [5.74, 6) is 0.418. The predicted octanol–water partition coefficient (Wildman–Crippen LogP) is 2.59. The van der Waals surface area contributed by atoms with E-state index in [1.165, 1.54) is 0 Å². The second-order valence-corrected chi connectivity index (χ2v) is 4.17. The molecule has 8 heteroatoms. The SMILES string of the molecule is Cl.FC(F)(F)c1cnc(N2CCNCC2)c(Cl)c1. The average Bonchev–Trinajstić information content (AvgIpc) is 2.29. The van der Waals surface area contributed by atoms with E-state index in [9.17, 15) is 13.2 Å². The Labute approximate surface area is 114 Å². The van der Waals surface area contributed by atoms with E-state index in [4.69, 9.17) is 11.6 Å². The number of anilines is 1. The van der Waals surface area contributed by atoms with Crippen molar-refractivity contribution in [2.45, 2.75) is 6.18 Å². The molecule has 0 unspecified atom stereocenters. The number of alkyl halides is 3. The summed E-state index contributed by atoms with van der Waals surface area (Å²) in [4.78, 5) is 5.69. The number of hydrogen-bond donors (Lipinski definition) is 1. The Bertz CT molecular complexity index is 406. The zero-order valence-corrected chi connectivity index (χ0v) is 10.9. The summed E-state index contributed by atoms with van der Waals surface area (Å²) in [6, 6.07) is 0.923. The van der Waals surface area contributed by atoms with E-state index in [-0.39, 0.29) is 17.4 Å². The molecule has 1 saturated heterocycles. The zero-order valence-electron chi connectivity index (χ0n) is 9.30. The van der Waals surface area contributed by atoms with Crippen molar-refractivity contribution in [3.63, 3.8) is 0 Å². The van der Waals surface area contributed by atoms with E-state index in [1.54, 1.807) is 0 Å². The lowest BCUT2D eigenvalue weighted by molar-refractivity contribution is -0.137. The van der Waals surface area contributed by atoms with Crippen LogP contribution in [0.25, 0.3) is 0 Å². The van der Waals surface area contributed by atoms with Crippen LogP contribution in [0, 0.1) is 0 Å². The van der Waals surface area contributed by atoms with E-state index in [0.29, 0.717) is 18.9 Å². The van der Waals surface area contributed by atoms with E-state index in [1.807, 2.05) is 4.90 Å². The Morgan fingerprint density at radius 3 is 2.39 bits per heavy atom. The normalized spacial score (nSPS) is 16.3. The predicted molar refractivity (Wildman–Crippen MR) is 66.6 cm³/mol. The van der Waals surface area contributed by atoms with Gasteiger partial charge in [-0.25, -0.2) is 4.98 Å². The molecule has 0 radical (unpaired) electrons. The second-order valence-electron chi connectivity index (χ2n) is 3.76. The number of aromatic nitrogens is 1.